The van der Waals surface area contributed by atoms with Gasteiger partial charge in [-0.25, -0.2) is 10.6 Å². The summed E-state index contributed by atoms with van der Waals surface area (Å²) in [4.78, 5) is 0. The van der Waals surface area contributed by atoms with Crippen molar-refractivity contribution >= 4 is 0 Å². The van der Waals surface area contributed by atoms with Gasteiger partial charge in [0.2, 0.25) is 0 Å². The third-order valence-corrected chi connectivity index (χ3v) is 0.671. The SMILES string of the molecule is CNC(O)(O)O.CNC(O)(O)O. The maximum Gasteiger partial charge on any atom is 0.342 e. The van der Waals surface area contributed by atoms with Crippen LogP contribution in [0.25, 0.3) is 0 Å². The molecule has 12 heavy (non-hydrogen) atoms. The van der Waals surface area contributed by atoms with Crippen molar-refractivity contribution in [3.05, 3.63) is 0 Å². The molecular weight excluding hydrogens is 172 g/mol. The summed E-state index contributed by atoms with van der Waals surface area (Å²) < 4.78 is 0. The Hall–Kier alpha value is -0.320. The van der Waals surface area contributed by atoms with Crippen LogP contribution in [0.1, 0.15) is 0 Å². The van der Waals surface area contributed by atoms with Crippen LogP contribution in [-0.2, 0) is 0 Å². The Bertz CT molecular complexity index is 91.1. The normalized spacial score (nSPS) is 12.0. The monoisotopic (exact) mass is 186 g/mol. The summed E-state index contributed by atoms with van der Waals surface area (Å²) >= 11 is 0. The second kappa shape index (κ2) is 5.35. The molecule has 0 heterocycles. The van der Waals surface area contributed by atoms with Gasteiger partial charge in [-0.2, -0.15) is 0 Å². The van der Waals surface area contributed by atoms with E-state index in [9.17, 15) is 0 Å². The summed E-state index contributed by atoms with van der Waals surface area (Å²) in [6.45, 7) is 0. The highest BCUT2D eigenvalue weighted by molar-refractivity contribution is 4.29. The smallest absolute Gasteiger partial charge is 0.330 e. The Morgan fingerprint density at radius 1 is 0.667 bits per heavy atom. The van der Waals surface area contributed by atoms with Crippen LogP contribution in [-0.4, -0.2) is 56.9 Å². The number of hydrogen-bond donors (Lipinski definition) is 8. The summed E-state index contributed by atoms with van der Waals surface area (Å²) in [5, 5.41) is 50.5. The molecule has 0 atom stereocenters. The van der Waals surface area contributed by atoms with E-state index in [0.717, 1.165) is 0 Å². The van der Waals surface area contributed by atoms with Gasteiger partial charge in [-0.15, -0.1) is 0 Å². The second-order valence-electron chi connectivity index (χ2n) is 1.77. The molecular formula is C4H14N2O6. The van der Waals surface area contributed by atoms with Crippen LogP contribution in [0.4, 0.5) is 0 Å². The van der Waals surface area contributed by atoms with Crippen molar-refractivity contribution in [1.82, 2.24) is 10.6 Å². The standard InChI is InChI=1S/2C2H7NO3/c2*1-3-2(4,5)6/h2*3-6H,1H3. The highest BCUT2D eigenvalue weighted by atomic mass is 16.7. The zero-order valence-corrected chi connectivity index (χ0v) is 6.68. The summed E-state index contributed by atoms with van der Waals surface area (Å²) in [5.74, 6) is 0. The molecule has 8 heteroatoms. The molecule has 0 rings (SSSR count). The number of aliphatic hydroxyl groups is 6. The lowest BCUT2D eigenvalue weighted by Gasteiger charge is -2.09. The van der Waals surface area contributed by atoms with E-state index in [4.69, 9.17) is 30.6 Å². The topological polar surface area (TPSA) is 145 Å². The fourth-order valence-electron chi connectivity index (χ4n) is 0. The molecule has 0 aliphatic heterocycles. The maximum absolute atomic E-state index is 7.83. The summed E-state index contributed by atoms with van der Waals surface area (Å²) in [7, 11) is 2.42. The molecule has 0 saturated heterocycles. The quantitative estimate of drug-likeness (QED) is 0.202. The van der Waals surface area contributed by atoms with Crippen LogP contribution in [0.5, 0.6) is 0 Å². The van der Waals surface area contributed by atoms with E-state index in [0.29, 0.717) is 0 Å². The van der Waals surface area contributed by atoms with Crippen molar-refractivity contribution in [2.75, 3.05) is 14.1 Å². The van der Waals surface area contributed by atoms with Gasteiger partial charge in [-0.3, -0.25) is 0 Å². The lowest BCUT2D eigenvalue weighted by molar-refractivity contribution is -0.329. The molecule has 8 nitrogen and oxygen atoms in total. The van der Waals surface area contributed by atoms with Gasteiger partial charge in [-0.1, -0.05) is 0 Å². The van der Waals surface area contributed by atoms with Gasteiger partial charge < -0.3 is 30.6 Å². The first kappa shape index (κ1) is 14.2. The Morgan fingerprint density at radius 3 is 0.750 bits per heavy atom. The zero-order chi connectivity index (χ0) is 10.4. The molecule has 0 aromatic carbocycles. The van der Waals surface area contributed by atoms with Crippen molar-refractivity contribution in [1.29, 1.82) is 0 Å². The first-order valence-electron chi connectivity index (χ1n) is 2.84. The maximum atomic E-state index is 7.83. The molecule has 0 saturated carbocycles. The van der Waals surface area contributed by atoms with E-state index in [2.05, 4.69) is 0 Å². The van der Waals surface area contributed by atoms with Gasteiger partial charge in [-0.05, 0) is 14.1 Å². The second-order valence-corrected chi connectivity index (χ2v) is 1.77. The summed E-state index contributed by atoms with van der Waals surface area (Å²) in [5.41, 5.74) is 0. The van der Waals surface area contributed by atoms with Crippen molar-refractivity contribution in [2.24, 2.45) is 0 Å². The Labute approximate surface area is 68.7 Å². The van der Waals surface area contributed by atoms with Crippen molar-refractivity contribution in [2.45, 2.75) is 12.2 Å². The first-order chi connectivity index (χ1) is 5.12. The number of nitrogens with one attached hydrogen (secondary N) is 2. The van der Waals surface area contributed by atoms with Crippen molar-refractivity contribution in [3.63, 3.8) is 0 Å². The molecule has 0 radical (unpaired) electrons. The highest BCUT2D eigenvalue weighted by Gasteiger charge is 2.11. The largest absolute Gasteiger partial charge is 0.342 e. The van der Waals surface area contributed by atoms with E-state index in [1.165, 1.54) is 14.1 Å². The summed E-state index contributed by atoms with van der Waals surface area (Å²) in [6.07, 6.45) is -5.42. The van der Waals surface area contributed by atoms with Crippen LogP contribution < -0.4 is 10.6 Å². The van der Waals surface area contributed by atoms with E-state index >= 15 is 0 Å². The fraction of sp³-hybridized carbons (Fsp3) is 1.00. The molecule has 0 spiro atoms. The van der Waals surface area contributed by atoms with E-state index in [1.807, 2.05) is 0 Å². The van der Waals surface area contributed by atoms with E-state index < -0.39 is 12.2 Å². The van der Waals surface area contributed by atoms with Gasteiger partial charge in [0.15, 0.2) is 0 Å². The lowest BCUT2D eigenvalue weighted by Crippen LogP contribution is -2.41. The fourth-order valence-corrected chi connectivity index (χ4v) is 0. The Balaban J connectivity index is 0. The van der Waals surface area contributed by atoms with Gasteiger partial charge in [0.05, 0.1) is 0 Å². The minimum Gasteiger partial charge on any atom is -0.330 e. The molecule has 0 aromatic rings. The minimum absolute atomic E-state index is 1.21. The van der Waals surface area contributed by atoms with E-state index in [-0.39, 0.29) is 0 Å². The molecule has 8 N–H and O–H groups in total. The lowest BCUT2D eigenvalue weighted by atomic mass is 10.9. The molecule has 0 aromatic heterocycles. The number of hydrogen-bond acceptors (Lipinski definition) is 8. The number of rotatable bonds is 2. The van der Waals surface area contributed by atoms with Crippen LogP contribution >= 0.6 is 0 Å². The third kappa shape index (κ3) is 22.6. The first-order valence-corrected chi connectivity index (χ1v) is 2.84. The minimum atomic E-state index is -2.71. The Kier molecular flexibility index (Phi) is 6.34. The highest BCUT2D eigenvalue weighted by Crippen LogP contribution is 1.77. The third-order valence-electron chi connectivity index (χ3n) is 0.671. The van der Waals surface area contributed by atoms with Gasteiger partial charge in [0, 0.05) is 0 Å². The van der Waals surface area contributed by atoms with Gasteiger partial charge in [0.1, 0.15) is 0 Å². The Morgan fingerprint density at radius 2 is 0.750 bits per heavy atom. The van der Waals surface area contributed by atoms with Crippen LogP contribution in [0, 0.1) is 0 Å². The van der Waals surface area contributed by atoms with Crippen molar-refractivity contribution in [3.8, 4) is 0 Å². The molecule has 0 fully saturated rings. The van der Waals surface area contributed by atoms with Crippen molar-refractivity contribution < 1.29 is 30.6 Å². The molecule has 76 valence electrons. The predicted molar refractivity (Wildman–Crippen MR) is 36.9 cm³/mol. The zero-order valence-electron chi connectivity index (χ0n) is 6.68. The van der Waals surface area contributed by atoms with Crippen LogP contribution in [0.15, 0.2) is 0 Å². The molecule has 0 unspecified atom stereocenters. The molecule has 0 amide bonds. The van der Waals surface area contributed by atoms with E-state index in [1.54, 1.807) is 10.6 Å². The predicted octanol–water partition coefficient (Wildman–Crippen LogP) is -4.41. The average Bonchev–Trinajstić information content (AvgIpc) is 1.86. The summed E-state index contributed by atoms with van der Waals surface area (Å²) in [6, 6.07) is 0. The molecule has 0 bridgehead atoms. The average molecular weight is 186 g/mol. The van der Waals surface area contributed by atoms with Gasteiger partial charge >= 0.3 is 12.2 Å². The van der Waals surface area contributed by atoms with Crippen LogP contribution in [0.2, 0.25) is 0 Å². The van der Waals surface area contributed by atoms with Crippen LogP contribution in [0.3, 0.4) is 0 Å². The molecule has 0 aliphatic carbocycles. The van der Waals surface area contributed by atoms with Gasteiger partial charge in [0.25, 0.3) is 0 Å². The molecule has 0 aliphatic rings.